The van der Waals surface area contributed by atoms with Crippen LogP contribution in [-0.2, 0) is 13.0 Å². The lowest BCUT2D eigenvalue weighted by Gasteiger charge is -2.08. The first-order valence-corrected chi connectivity index (χ1v) is 7.68. The van der Waals surface area contributed by atoms with Gasteiger partial charge in [-0.3, -0.25) is 0 Å². The summed E-state index contributed by atoms with van der Waals surface area (Å²) < 4.78 is 5.79. The molecule has 2 heteroatoms. The lowest BCUT2D eigenvalue weighted by atomic mass is 10.1. The zero-order valence-corrected chi connectivity index (χ0v) is 13.0. The molecule has 22 heavy (non-hydrogen) atoms. The molecule has 3 rings (SSSR count). The van der Waals surface area contributed by atoms with Gasteiger partial charge in [-0.1, -0.05) is 72.3 Å². The van der Waals surface area contributed by atoms with Gasteiger partial charge in [-0.05, 0) is 41.3 Å². The van der Waals surface area contributed by atoms with Gasteiger partial charge in [0.2, 0.25) is 0 Å². The lowest BCUT2D eigenvalue weighted by Crippen LogP contribution is -1.95. The molecule has 0 unspecified atom stereocenters. The lowest BCUT2D eigenvalue weighted by molar-refractivity contribution is 0.306. The highest BCUT2D eigenvalue weighted by Gasteiger charge is 2.02. The molecule has 110 valence electrons. The molecule has 3 aromatic carbocycles. The van der Waals surface area contributed by atoms with Gasteiger partial charge in [-0.15, -0.1) is 0 Å². The van der Waals surface area contributed by atoms with E-state index in [-0.39, 0.29) is 0 Å². The van der Waals surface area contributed by atoms with Gasteiger partial charge in [0.05, 0.1) is 0 Å². The normalized spacial score (nSPS) is 10.4. The second kappa shape index (κ2) is 7.15. The largest absolute Gasteiger partial charge is 0.489 e. The van der Waals surface area contributed by atoms with Gasteiger partial charge >= 0.3 is 0 Å². The van der Waals surface area contributed by atoms with E-state index in [2.05, 4.69) is 30.3 Å². The van der Waals surface area contributed by atoms with Crippen LogP contribution < -0.4 is 4.74 Å². The van der Waals surface area contributed by atoms with Crippen LogP contribution in [-0.4, -0.2) is 0 Å². The van der Waals surface area contributed by atoms with Gasteiger partial charge in [-0.2, -0.15) is 0 Å². The second-order valence-electron chi connectivity index (χ2n) is 5.19. The Morgan fingerprint density at radius 2 is 1.36 bits per heavy atom. The van der Waals surface area contributed by atoms with E-state index in [1.165, 1.54) is 11.1 Å². The second-order valence-corrected chi connectivity index (χ2v) is 5.59. The Morgan fingerprint density at radius 1 is 0.682 bits per heavy atom. The molecule has 1 nitrogen and oxygen atoms in total. The number of halogens is 1. The summed E-state index contributed by atoms with van der Waals surface area (Å²) in [5, 5.41) is 0.812. The minimum absolute atomic E-state index is 0.588. The van der Waals surface area contributed by atoms with E-state index in [1.807, 2.05) is 48.5 Å². The third kappa shape index (κ3) is 3.90. The Hall–Kier alpha value is -2.25. The Balaban J connectivity index is 1.62. The van der Waals surface area contributed by atoms with Crippen molar-refractivity contribution in [1.29, 1.82) is 0 Å². The number of ether oxygens (including phenoxy) is 1. The first-order valence-electron chi connectivity index (χ1n) is 7.30. The van der Waals surface area contributed by atoms with Crippen molar-refractivity contribution < 1.29 is 4.74 Å². The highest BCUT2D eigenvalue weighted by atomic mass is 35.5. The van der Waals surface area contributed by atoms with Crippen LogP contribution in [0.15, 0.2) is 78.9 Å². The molecular weight excluding hydrogens is 292 g/mol. The van der Waals surface area contributed by atoms with Gasteiger partial charge in [-0.25, -0.2) is 0 Å². The monoisotopic (exact) mass is 308 g/mol. The molecule has 0 fully saturated rings. The average Bonchev–Trinajstić information content (AvgIpc) is 2.57. The fraction of sp³-hybridized carbons (Fsp3) is 0.100. The topological polar surface area (TPSA) is 9.23 Å². The molecule has 0 atom stereocenters. The third-order valence-electron chi connectivity index (χ3n) is 3.52. The zero-order valence-electron chi connectivity index (χ0n) is 12.2. The maximum absolute atomic E-state index is 6.20. The van der Waals surface area contributed by atoms with Crippen molar-refractivity contribution in [1.82, 2.24) is 0 Å². The predicted molar refractivity (Wildman–Crippen MR) is 91.5 cm³/mol. The molecule has 3 aromatic rings. The molecule has 0 radical (unpaired) electrons. The SMILES string of the molecule is Clc1ccccc1Cc1ccc(OCc2ccccc2)cc1. The molecule has 0 saturated carbocycles. The van der Waals surface area contributed by atoms with Gasteiger partial charge < -0.3 is 4.74 Å². The summed E-state index contributed by atoms with van der Waals surface area (Å²) in [6.45, 7) is 0.588. The third-order valence-corrected chi connectivity index (χ3v) is 3.89. The molecule has 0 spiro atoms. The van der Waals surface area contributed by atoms with Crippen molar-refractivity contribution in [3.8, 4) is 5.75 Å². The van der Waals surface area contributed by atoms with Crippen LogP contribution in [0, 0.1) is 0 Å². The molecule has 0 N–H and O–H groups in total. The van der Waals surface area contributed by atoms with E-state index in [1.54, 1.807) is 0 Å². The Bertz CT molecular complexity index is 720. The van der Waals surface area contributed by atoms with Gasteiger partial charge in [0.1, 0.15) is 12.4 Å². The Morgan fingerprint density at radius 3 is 2.09 bits per heavy atom. The van der Waals surface area contributed by atoms with Crippen LogP contribution in [0.25, 0.3) is 0 Å². The van der Waals surface area contributed by atoms with Crippen LogP contribution in [0.1, 0.15) is 16.7 Å². The summed E-state index contributed by atoms with van der Waals surface area (Å²) in [4.78, 5) is 0. The molecule has 0 heterocycles. The fourth-order valence-corrected chi connectivity index (χ4v) is 2.51. The fourth-order valence-electron chi connectivity index (χ4n) is 2.31. The summed E-state index contributed by atoms with van der Waals surface area (Å²) in [5.74, 6) is 0.881. The molecule has 0 aromatic heterocycles. The van der Waals surface area contributed by atoms with Gasteiger partial charge in [0.25, 0.3) is 0 Å². The van der Waals surface area contributed by atoms with Gasteiger partial charge in [0, 0.05) is 5.02 Å². The van der Waals surface area contributed by atoms with E-state index in [4.69, 9.17) is 16.3 Å². The van der Waals surface area contributed by atoms with Crippen molar-refractivity contribution in [2.45, 2.75) is 13.0 Å². The van der Waals surface area contributed by atoms with Crippen LogP contribution in [0.4, 0.5) is 0 Å². The maximum atomic E-state index is 6.20. The molecular formula is C20H17ClO. The van der Waals surface area contributed by atoms with Crippen LogP contribution in [0.2, 0.25) is 5.02 Å². The van der Waals surface area contributed by atoms with E-state index >= 15 is 0 Å². The summed E-state index contributed by atoms with van der Waals surface area (Å²) in [6.07, 6.45) is 0.832. The highest BCUT2D eigenvalue weighted by molar-refractivity contribution is 6.31. The molecule has 0 aliphatic heterocycles. The first kappa shape index (κ1) is 14.7. The maximum Gasteiger partial charge on any atom is 0.119 e. The molecule has 0 bridgehead atoms. The predicted octanol–water partition coefficient (Wildman–Crippen LogP) is 5.51. The summed E-state index contributed by atoms with van der Waals surface area (Å²) in [6, 6.07) is 26.3. The summed E-state index contributed by atoms with van der Waals surface area (Å²) in [7, 11) is 0. The highest BCUT2D eigenvalue weighted by Crippen LogP contribution is 2.21. The van der Waals surface area contributed by atoms with E-state index < -0.39 is 0 Å². The number of hydrogen-bond donors (Lipinski definition) is 0. The number of hydrogen-bond acceptors (Lipinski definition) is 1. The van der Waals surface area contributed by atoms with E-state index in [0.717, 1.165) is 22.8 Å². The van der Waals surface area contributed by atoms with Crippen molar-refractivity contribution in [2.75, 3.05) is 0 Å². The Kier molecular flexibility index (Phi) is 4.77. The zero-order chi connectivity index (χ0) is 15.2. The smallest absolute Gasteiger partial charge is 0.119 e. The van der Waals surface area contributed by atoms with Crippen LogP contribution in [0.3, 0.4) is 0 Å². The molecule has 0 aliphatic carbocycles. The molecule has 0 aliphatic rings. The molecule has 0 saturated heterocycles. The van der Waals surface area contributed by atoms with Crippen molar-refractivity contribution >= 4 is 11.6 Å². The minimum Gasteiger partial charge on any atom is -0.489 e. The Labute approximate surface area is 136 Å². The summed E-state index contributed by atoms with van der Waals surface area (Å²) >= 11 is 6.20. The standard InChI is InChI=1S/C20H17ClO/c21-20-9-5-4-8-18(20)14-16-10-12-19(13-11-16)22-15-17-6-2-1-3-7-17/h1-13H,14-15H2. The number of benzene rings is 3. The van der Waals surface area contributed by atoms with Crippen LogP contribution in [0.5, 0.6) is 5.75 Å². The van der Waals surface area contributed by atoms with Crippen molar-refractivity contribution in [2.24, 2.45) is 0 Å². The van der Waals surface area contributed by atoms with Gasteiger partial charge in [0.15, 0.2) is 0 Å². The van der Waals surface area contributed by atoms with E-state index in [0.29, 0.717) is 6.61 Å². The quantitative estimate of drug-likeness (QED) is 0.604. The molecule has 0 amide bonds. The van der Waals surface area contributed by atoms with Crippen LogP contribution >= 0.6 is 11.6 Å². The van der Waals surface area contributed by atoms with Crippen molar-refractivity contribution in [3.05, 3.63) is 101 Å². The van der Waals surface area contributed by atoms with Crippen molar-refractivity contribution in [3.63, 3.8) is 0 Å². The average molecular weight is 309 g/mol. The summed E-state index contributed by atoms with van der Waals surface area (Å²) in [5.41, 5.74) is 3.53. The minimum atomic E-state index is 0.588. The van der Waals surface area contributed by atoms with E-state index in [9.17, 15) is 0 Å². The number of rotatable bonds is 5. The first-order chi connectivity index (χ1) is 10.8.